The number of hydrogen-bond acceptors (Lipinski definition) is 10. The Morgan fingerprint density at radius 2 is 1.63 bits per heavy atom. The molecule has 2 fully saturated rings. The number of nitrogens with one attached hydrogen (secondary N) is 4. The van der Waals surface area contributed by atoms with E-state index in [0.717, 1.165) is 105 Å². The molecule has 17 nitrogen and oxygen atoms in total. The number of nitrogens with zero attached hydrogens (tertiary/aromatic N) is 5. The van der Waals surface area contributed by atoms with Crippen LogP contribution in [0.4, 0.5) is 4.79 Å². The third kappa shape index (κ3) is 8.25. The van der Waals surface area contributed by atoms with Crippen LogP contribution in [0.15, 0.2) is 73.1 Å². The van der Waals surface area contributed by atoms with Crippen molar-refractivity contribution in [3.8, 4) is 45.3 Å². The van der Waals surface area contributed by atoms with Crippen LogP contribution in [0.1, 0.15) is 94.5 Å². The lowest BCUT2D eigenvalue weighted by Crippen LogP contribution is -2.51. The van der Waals surface area contributed by atoms with Crippen molar-refractivity contribution in [1.29, 1.82) is 0 Å². The minimum Gasteiger partial charge on any atom is -0.493 e. The SMILES string of the molecule is COC(=O)NC(C(=O)N1CCCC1c1ncc(-c2ccc3c(c2)OC(c2ccc4c(c2)CCO4)n2c-3cc3cc(-c4cnc(C5CCC[N+]5=C(O)C(NC(O)OC)C(C)C)[nH]4)ccc32)[nH]1)C(C)C. The van der Waals surface area contributed by atoms with Crippen LogP contribution >= 0.6 is 0 Å². The summed E-state index contributed by atoms with van der Waals surface area (Å²) in [6.07, 6.45) is 5.45. The second-order valence-corrected chi connectivity index (χ2v) is 18.9. The number of H-pyrrole nitrogens is 2. The number of carbonyl (C=O) groups is 2. The third-order valence-electron chi connectivity index (χ3n) is 14.0. The molecule has 0 aliphatic carbocycles. The number of aromatic nitrogens is 5. The molecule has 10 rings (SSSR count). The van der Waals surface area contributed by atoms with Crippen LogP contribution in [0.25, 0.3) is 44.7 Å². The maximum Gasteiger partial charge on any atom is 0.407 e. The number of benzene rings is 3. The van der Waals surface area contributed by atoms with Gasteiger partial charge in [0.05, 0.1) is 54.8 Å². The van der Waals surface area contributed by atoms with Crippen molar-refractivity contribution >= 4 is 28.8 Å². The predicted octanol–water partition coefficient (Wildman–Crippen LogP) is 7.35. The molecule has 7 heterocycles. The van der Waals surface area contributed by atoms with Gasteiger partial charge >= 0.3 is 12.0 Å². The van der Waals surface area contributed by atoms with Crippen molar-refractivity contribution in [2.24, 2.45) is 11.8 Å². The molecule has 68 heavy (non-hydrogen) atoms. The van der Waals surface area contributed by atoms with Gasteiger partial charge in [-0.1, -0.05) is 39.8 Å². The number of hydrogen-bond donors (Lipinski definition) is 6. The summed E-state index contributed by atoms with van der Waals surface area (Å²) in [5.41, 5.74) is 8.68. The van der Waals surface area contributed by atoms with Crippen LogP contribution in [-0.2, 0) is 20.7 Å². The number of fused-ring (bicyclic) bond motifs is 6. The monoisotopic (exact) mass is 926 g/mol. The molecule has 4 aliphatic heterocycles. The molecule has 6 atom stereocenters. The number of methoxy groups -OCH3 is 2. The van der Waals surface area contributed by atoms with E-state index in [-0.39, 0.29) is 35.7 Å². The maximum atomic E-state index is 13.8. The summed E-state index contributed by atoms with van der Waals surface area (Å²) in [4.78, 5) is 44.6. The van der Waals surface area contributed by atoms with Gasteiger partial charge in [0.25, 0.3) is 0 Å². The van der Waals surface area contributed by atoms with Gasteiger partial charge in [-0.15, -0.1) is 0 Å². The summed E-state index contributed by atoms with van der Waals surface area (Å²) in [6, 6.07) is 19.5. The lowest BCUT2D eigenvalue weighted by Gasteiger charge is -2.31. The number of likely N-dealkylation sites (tertiary alicyclic amines) is 1. The zero-order valence-corrected chi connectivity index (χ0v) is 39.3. The molecule has 2 amide bonds. The van der Waals surface area contributed by atoms with E-state index in [1.165, 1.54) is 14.2 Å². The number of rotatable bonds is 13. The minimum absolute atomic E-state index is 0.00921. The zero-order chi connectivity index (χ0) is 47.4. The molecule has 0 spiro atoms. The smallest absolute Gasteiger partial charge is 0.407 e. The van der Waals surface area contributed by atoms with Crippen molar-refractivity contribution < 1.29 is 43.3 Å². The van der Waals surface area contributed by atoms with Crippen LogP contribution < -0.4 is 20.1 Å². The van der Waals surface area contributed by atoms with Crippen LogP contribution in [0.3, 0.4) is 0 Å². The molecule has 356 valence electrons. The lowest BCUT2D eigenvalue weighted by atomic mass is 10.0. The molecule has 3 aromatic heterocycles. The van der Waals surface area contributed by atoms with Gasteiger partial charge in [-0.25, -0.2) is 14.8 Å². The van der Waals surface area contributed by atoms with Gasteiger partial charge in [0.2, 0.25) is 24.6 Å². The first kappa shape index (κ1) is 45.1. The van der Waals surface area contributed by atoms with E-state index in [1.807, 2.05) is 55.6 Å². The van der Waals surface area contributed by atoms with Crippen molar-refractivity contribution in [3.05, 3.63) is 95.8 Å². The Bertz CT molecular complexity index is 2900. The van der Waals surface area contributed by atoms with Gasteiger partial charge in [-0.3, -0.25) is 10.1 Å². The van der Waals surface area contributed by atoms with E-state index in [2.05, 4.69) is 79.8 Å². The first-order chi connectivity index (χ1) is 32.9. The van der Waals surface area contributed by atoms with Crippen LogP contribution in [-0.4, -0.2) is 115 Å². The Kier molecular flexibility index (Phi) is 12.2. The number of carbonyl (C=O) groups excluding carboxylic acids is 2. The fourth-order valence-corrected chi connectivity index (χ4v) is 10.4. The maximum absolute atomic E-state index is 13.8. The number of amides is 2. The average Bonchev–Trinajstić information content (AvgIpc) is 4.21. The van der Waals surface area contributed by atoms with Crippen molar-refractivity contribution in [3.63, 3.8) is 0 Å². The van der Waals surface area contributed by atoms with Crippen LogP contribution in [0, 0.1) is 11.8 Å². The summed E-state index contributed by atoms with van der Waals surface area (Å²) in [5, 5.41) is 28.4. The fourth-order valence-electron chi connectivity index (χ4n) is 10.4. The second kappa shape index (κ2) is 18.4. The number of aromatic amines is 2. The molecule has 2 saturated heterocycles. The Morgan fingerprint density at radius 3 is 2.40 bits per heavy atom. The van der Waals surface area contributed by atoms with E-state index in [0.29, 0.717) is 25.5 Å². The summed E-state index contributed by atoms with van der Waals surface area (Å²) in [6.45, 7) is 9.66. The van der Waals surface area contributed by atoms with Gasteiger partial charge in [-0.05, 0) is 78.8 Å². The highest BCUT2D eigenvalue weighted by Gasteiger charge is 2.40. The van der Waals surface area contributed by atoms with Crippen molar-refractivity contribution in [1.82, 2.24) is 40.0 Å². The van der Waals surface area contributed by atoms with Gasteiger partial charge in [0, 0.05) is 60.6 Å². The number of imidazole rings is 2. The predicted molar refractivity (Wildman–Crippen MR) is 254 cm³/mol. The van der Waals surface area contributed by atoms with Gasteiger partial charge in [0.1, 0.15) is 36.0 Å². The van der Waals surface area contributed by atoms with E-state index >= 15 is 0 Å². The van der Waals surface area contributed by atoms with Crippen LogP contribution in [0.2, 0.25) is 0 Å². The molecular weight excluding hydrogens is 867 g/mol. The molecule has 0 radical (unpaired) electrons. The number of alkyl carbamates (subject to hydrolysis) is 1. The second-order valence-electron chi connectivity index (χ2n) is 18.9. The molecule has 6 N–H and O–H groups in total. The van der Waals surface area contributed by atoms with E-state index < -0.39 is 30.8 Å². The molecule has 6 unspecified atom stereocenters. The molecule has 0 bridgehead atoms. The minimum atomic E-state index is -1.21. The van der Waals surface area contributed by atoms with Crippen molar-refractivity contribution in [2.75, 3.05) is 33.9 Å². The Labute approximate surface area is 394 Å². The summed E-state index contributed by atoms with van der Waals surface area (Å²) >= 11 is 0. The largest absolute Gasteiger partial charge is 0.493 e. The van der Waals surface area contributed by atoms with E-state index in [4.69, 9.17) is 28.9 Å². The quantitative estimate of drug-likeness (QED) is 0.0384. The lowest BCUT2D eigenvalue weighted by molar-refractivity contribution is -0.560. The molecule has 17 heteroatoms. The molecular formula is C51H60N9O8+. The molecule has 4 aliphatic rings. The number of aliphatic hydroxyl groups is 2. The Morgan fingerprint density at radius 1 is 0.882 bits per heavy atom. The standard InChI is InChI=1S/C51H59N9O8/c1-27(2)43(56-50(63)65-5)47(61)58-18-7-9-38(58)45-52-25-35(54-45)29-12-15-37-33(21-29)23-40-34-14-11-30(24-42(34)68-49(60(37)40)32-13-16-41-31(22-32)17-20-67-41)36-26-53-46(55-36)39-10-8-19-59(39)48(62)44(28(3)4)57-51(64)66-6/h11-16,21-28,38-39,43-44,49-50,56,63H,7-10,17-20H2,1-6H3,(H3,52,53,54,55,57,64)/p+1. The van der Waals surface area contributed by atoms with Crippen LogP contribution in [0.5, 0.6) is 11.5 Å². The summed E-state index contributed by atoms with van der Waals surface area (Å²) in [7, 11) is 2.71. The summed E-state index contributed by atoms with van der Waals surface area (Å²) in [5.74, 6) is 2.94. The molecule has 3 aromatic carbocycles. The topological polar surface area (TPSA) is 204 Å². The normalized spacial score (nSPS) is 20.7. The first-order valence-corrected chi connectivity index (χ1v) is 23.7. The first-order valence-electron chi connectivity index (χ1n) is 23.7. The van der Waals surface area contributed by atoms with E-state index in [1.54, 1.807) is 0 Å². The van der Waals surface area contributed by atoms with Gasteiger partial charge < -0.3 is 53.9 Å². The fraction of sp³-hybridized carbons (Fsp3) is 0.431. The highest BCUT2D eigenvalue weighted by atomic mass is 16.6. The van der Waals surface area contributed by atoms with Gasteiger partial charge in [-0.2, -0.15) is 4.58 Å². The Balaban J connectivity index is 0.969. The summed E-state index contributed by atoms with van der Waals surface area (Å²) < 4.78 is 27.0. The zero-order valence-electron chi connectivity index (χ0n) is 39.3. The molecule has 0 saturated carbocycles. The molecule has 6 aromatic rings. The third-order valence-corrected chi connectivity index (χ3v) is 14.0. The number of aliphatic hydroxyl groups excluding tert-OH is 2. The van der Waals surface area contributed by atoms with Gasteiger partial charge in [0.15, 0.2) is 5.82 Å². The highest BCUT2D eigenvalue weighted by Crippen LogP contribution is 2.47. The number of ether oxygens (including phenoxy) is 4. The van der Waals surface area contributed by atoms with Crippen molar-refractivity contribution in [2.45, 2.75) is 96.6 Å². The average molecular weight is 927 g/mol. The Hall–Kier alpha value is -6.69. The van der Waals surface area contributed by atoms with E-state index in [9.17, 15) is 19.8 Å². The highest BCUT2D eigenvalue weighted by molar-refractivity contribution is 5.92.